The molecule has 10 heteroatoms. The predicted octanol–water partition coefficient (Wildman–Crippen LogP) is 2.05. The number of imide groups is 1. The Morgan fingerprint density at radius 2 is 1.85 bits per heavy atom. The van der Waals surface area contributed by atoms with Crippen molar-refractivity contribution >= 4 is 53.1 Å². The number of ether oxygens (including phenoxy) is 1. The molecule has 2 amide bonds. The van der Waals surface area contributed by atoms with Crippen molar-refractivity contribution in [1.82, 2.24) is 9.47 Å². The number of thiazole rings is 1. The zero-order valence-corrected chi connectivity index (χ0v) is 20.4. The molecule has 7 nitrogen and oxygen atoms in total. The monoisotopic (exact) mass is 501 g/mol. The van der Waals surface area contributed by atoms with Crippen LogP contribution in [-0.2, 0) is 21.4 Å². The molecule has 33 heavy (non-hydrogen) atoms. The number of carboxylic acids is 1. The number of thioether (sulfide) groups is 1. The smallest absolute Gasteiger partial charge is 0.233 e. The minimum atomic E-state index is -1.40. The zero-order chi connectivity index (χ0) is 23.2. The first kappa shape index (κ1) is 21.4. The summed E-state index contributed by atoms with van der Waals surface area (Å²) in [6.45, 7) is -0.657. The van der Waals surface area contributed by atoms with E-state index in [-0.39, 0.29) is 40.7 Å². The van der Waals surface area contributed by atoms with E-state index in [4.69, 9.17) is 17.0 Å². The van der Waals surface area contributed by atoms with Crippen molar-refractivity contribution in [3.63, 3.8) is 0 Å². The van der Waals surface area contributed by atoms with E-state index in [1.165, 1.54) is 4.88 Å². The molecular formula is C23H21N2O5S3-. The largest absolute Gasteiger partial charge is 0.548 e. The minimum Gasteiger partial charge on any atom is -0.548 e. The van der Waals surface area contributed by atoms with Crippen LogP contribution >= 0.6 is 35.3 Å². The van der Waals surface area contributed by atoms with Crippen LogP contribution in [0.2, 0.25) is 0 Å². The molecule has 172 valence electrons. The van der Waals surface area contributed by atoms with Gasteiger partial charge in [-0.3, -0.25) is 14.5 Å². The number of fused-ring (bicyclic) bond motifs is 9. The average Bonchev–Trinajstić information content (AvgIpc) is 3.50. The van der Waals surface area contributed by atoms with Crippen LogP contribution in [0, 0.1) is 33.5 Å². The highest BCUT2D eigenvalue weighted by atomic mass is 32.2. The molecule has 7 atom stereocenters. The van der Waals surface area contributed by atoms with E-state index >= 15 is 0 Å². The number of carboxylic acid groups (broad SMARTS) is 1. The molecule has 2 bridgehead atoms. The van der Waals surface area contributed by atoms with Crippen molar-refractivity contribution in [3.8, 4) is 5.75 Å². The molecule has 1 saturated heterocycles. The van der Waals surface area contributed by atoms with Crippen LogP contribution in [0.5, 0.6) is 5.75 Å². The van der Waals surface area contributed by atoms with Crippen molar-refractivity contribution < 1.29 is 24.2 Å². The fourth-order valence-corrected chi connectivity index (χ4v) is 10.2. The quantitative estimate of drug-likeness (QED) is 0.468. The molecule has 2 aliphatic heterocycles. The van der Waals surface area contributed by atoms with Gasteiger partial charge in [0.2, 0.25) is 11.8 Å². The molecule has 2 aromatic rings. The summed E-state index contributed by atoms with van der Waals surface area (Å²) < 4.78 is 8.22. The summed E-state index contributed by atoms with van der Waals surface area (Å²) >= 11 is 9.02. The van der Waals surface area contributed by atoms with Gasteiger partial charge in [0, 0.05) is 23.1 Å². The number of aromatic nitrogens is 1. The summed E-state index contributed by atoms with van der Waals surface area (Å²) in [4.78, 5) is 39.6. The van der Waals surface area contributed by atoms with E-state index in [0.717, 1.165) is 31.6 Å². The maximum atomic E-state index is 13.2. The van der Waals surface area contributed by atoms with E-state index < -0.39 is 24.3 Å². The van der Waals surface area contributed by atoms with Crippen molar-refractivity contribution in [2.45, 2.75) is 22.6 Å². The van der Waals surface area contributed by atoms with Gasteiger partial charge in [0.15, 0.2) is 3.95 Å². The van der Waals surface area contributed by atoms with Crippen molar-refractivity contribution in [1.29, 1.82) is 0 Å². The van der Waals surface area contributed by atoms with Gasteiger partial charge < -0.3 is 19.2 Å². The Kier molecular flexibility index (Phi) is 4.80. The van der Waals surface area contributed by atoms with Gasteiger partial charge in [-0.25, -0.2) is 0 Å². The van der Waals surface area contributed by atoms with Crippen molar-refractivity contribution in [3.05, 3.63) is 38.7 Å². The summed E-state index contributed by atoms with van der Waals surface area (Å²) in [7, 11) is 3.62. The van der Waals surface area contributed by atoms with Crippen LogP contribution in [0.3, 0.4) is 0 Å². The number of benzene rings is 1. The third-order valence-electron chi connectivity index (χ3n) is 7.92. The van der Waals surface area contributed by atoms with Gasteiger partial charge in [-0.2, -0.15) is 0 Å². The lowest BCUT2D eigenvalue weighted by Gasteiger charge is -2.43. The first-order valence-electron chi connectivity index (χ1n) is 10.9. The van der Waals surface area contributed by atoms with Crippen LogP contribution in [-0.4, -0.2) is 46.2 Å². The number of likely N-dealkylation sites (tertiary alicyclic amines) is 1. The third-order valence-corrected chi connectivity index (χ3v) is 11.3. The topological polar surface area (TPSA) is 91.7 Å². The Morgan fingerprint density at radius 3 is 2.48 bits per heavy atom. The molecule has 0 spiro atoms. The molecular weight excluding hydrogens is 480 g/mol. The molecule has 2 saturated carbocycles. The molecule has 6 rings (SSSR count). The highest BCUT2D eigenvalue weighted by Crippen LogP contribution is 2.69. The standard InChI is InChI=1S/C23H22N2O5S3/c1-24-22-19(33-23(24)31)14(9-3-5-10(30-2)6-4-9)15-11-7-12(18(15)32-22)17-16(11)20(28)25(21(17)29)8-13(26)27/h3-6,11-12,14-18H,7-8H2,1-2H3,(H,26,27)/p-1. The second-order valence-electron chi connectivity index (χ2n) is 9.26. The van der Waals surface area contributed by atoms with Gasteiger partial charge in [-0.05, 0) is 54.1 Å². The lowest BCUT2D eigenvalue weighted by Crippen LogP contribution is -2.43. The summed E-state index contributed by atoms with van der Waals surface area (Å²) in [5.74, 6) is -1.86. The normalized spacial score (nSPS) is 33.8. The molecule has 3 fully saturated rings. The van der Waals surface area contributed by atoms with Gasteiger partial charge in [0.1, 0.15) is 5.75 Å². The number of hydrogen-bond acceptors (Lipinski definition) is 8. The molecule has 4 aliphatic rings. The van der Waals surface area contributed by atoms with Crippen molar-refractivity contribution in [2.75, 3.05) is 13.7 Å². The molecule has 1 aromatic carbocycles. The first-order valence-corrected chi connectivity index (χ1v) is 13.0. The predicted molar refractivity (Wildman–Crippen MR) is 122 cm³/mol. The van der Waals surface area contributed by atoms with E-state index in [1.807, 2.05) is 19.2 Å². The Morgan fingerprint density at radius 1 is 1.18 bits per heavy atom. The van der Waals surface area contributed by atoms with Crippen LogP contribution in [0.4, 0.5) is 0 Å². The van der Waals surface area contributed by atoms with E-state index in [1.54, 1.807) is 30.2 Å². The summed E-state index contributed by atoms with van der Waals surface area (Å²) in [5.41, 5.74) is 1.15. The number of rotatable bonds is 4. The van der Waals surface area contributed by atoms with E-state index in [2.05, 4.69) is 16.7 Å². The number of nitrogens with zero attached hydrogens (tertiary/aromatic N) is 2. The number of amides is 2. The molecule has 3 heterocycles. The summed E-state index contributed by atoms with van der Waals surface area (Å²) in [6.07, 6.45) is 0.820. The first-order chi connectivity index (χ1) is 15.8. The molecule has 0 N–H and O–H groups in total. The molecule has 2 aliphatic carbocycles. The Hall–Kier alpha value is -2.17. The maximum Gasteiger partial charge on any atom is 0.233 e. The lowest BCUT2D eigenvalue weighted by molar-refractivity contribution is -0.305. The average molecular weight is 502 g/mol. The van der Waals surface area contributed by atoms with Gasteiger partial charge >= 0.3 is 0 Å². The van der Waals surface area contributed by atoms with Gasteiger partial charge in [0.05, 0.1) is 36.5 Å². The summed E-state index contributed by atoms with van der Waals surface area (Å²) in [5, 5.41) is 12.5. The second-order valence-corrected chi connectivity index (χ2v) is 12.1. The fourth-order valence-electron chi connectivity index (χ4n) is 6.71. The highest BCUT2D eigenvalue weighted by molar-refractivity contribution is 8.00. The number of hydrogen-bond donors (Lipinski definition) is 0. The Balaban J connectivity index is 1.46. The SMILES string of the molecule is COc1ccc(C2c3sc(=S)n(C)c3SC3C4CC(C5C(=O)N(CC(=O)[O-])C(=O)C45)C23)cc1. The fraction of sp³-hybridized carbons (Fsp3) is 0.478. The van der Waals surface area contributed by atoms with E-state index in [9.17, 15) is 19.5 Å². The second kappa shape index (κ2) is 7.41. The van der Waals surface area contributed by atoms with Gasteiger partial charge in [-0.15, -0.1) is 23.1 Å². The van der Waals surface area contributed by atoms with Crippen LogP contribution in [0.25, 0.3) is 0 Å². The molecule has 0 radical (unpaired) electrons. The molecule has 7 unspecified atom stereocenters. The maximum absolute atomic E-state index is 13.2. The van der Waals surface area contributed by atoms with E-state index in [0.29, 0.717) is 0 Å². The van der Waals surface area contributed by atoms with Gasteiger partial charge in [-0.1, -0.05) is 12.1 Å². The van der Waals surface area contributed by atoms with Crippen molar-refractivity contribution in [2.24, 2.45) is 36.6 Å². The zero-order valence-electron chi connectivity index (χ0n) is 17.9. The lowest BCUT2D eigenvalue weighted by atomic mass is 9.68. The number of aliphatic carboxylic acids is 1. The Bertz CT molecular complexity index is 1250. The number of carbonyl (C=O) groups excluding carboxylic acids is 3. The molecule has 1 aromatic heterocycles. The number of carbonyl (C=O) groups is 3. The Labute approximate surface area is 203 Å². The van der Waals surface area contributed by atoms with Crippen LogP contribution < -0.4 is 9.84 Å². The number of methoxy groups -OCH3 is 1. The summed E-state index contributed by atoms with van der Waals surface area (Å²) in [6, 6.07) is 8.07. The van der Waals surface area contributed by atoms with Gasteiger partial charge in [0.25, 0.3) is 0 Å². The van der Waals surface area contributed by atoms with Crippen LogP contribution in [0.15, 0.2) is 29.3 Å². The minimum absolute atomic E-state index is 0.0296. The van der Waals surface area contributed by atoms with Crippen LogP contribution in [0.1, 0.15) is 22.8 Å². The third kappa shape index (κ3) is 2.86. The highest BCUT2D eigenvalue weighted by Gasteiger charge is 2.69.